The molecular formula is C12H18N2O4. The molecule has 2 rings (SSSR count). The zero-order valence-corrected chi connectivity index (χ0v) is 10.3. The average molecular weight is 254 g/mol. The molecule has 2 amide bonds. The van der Waals surface area contributed by atoms with Gasteiger partial charge in [0.05, 0.1) is 0 Å². The van der Waals surface area contributed by atoms with E-state index in [1.165, 1.54) is 6.26 Å². The Labute approximate surface area is 106 Å². The number of carbonyl (C=O) groups is 2. The second kappa shape index (κ2) is 6.28. The fraction of sp³-hybridized carbons (Fsp3) is 0.667. The minimum absolute atomic E-state index is 0.0996. The lowest BCUT2D eigenvalue weighted by Gasteiger charge is -2.16. The van der Waals surface area contributed by atoms with Crippen molar-refractivity contribution in [1.29, 1.82) is 0 Å². The third-order valence-corrected chi connectivity index (χ3v) is 2.96. The third-order valence-electron chi connectivity index (χ3n) is 2.96. The quantitative estimate of drug-likeness (QED) is 0.767. The van der Waals surface area contributed by atoms with Gasteiger partial charge in [0.15, 0.2) is 0 Å². The van der Waals surface area contributed by atoms with Gasteiger partial charge in [0.2, 0.25) is 11.7 Å². The first-order chi connectivity index (χ1) is 8.77. The van der Waals surface area contributed by atoms with Crippen molar-refractivity contribution in [2.75, 3.05) is 32.8 Å². The van der Waals surface area contributed by atoms with Gasteiger partial charge >= 0.3 is 0 Å². The third kappa shape index (κ3) is 3.38. The Hall–Kier alpha value is -1.72. The predicted octanol–water partition coefficient (Wildman–Crippen LogP) is 0.00330. The van der Waals surface area contributed by atoms with Gasteiger partial charge in [0, 0.05) is 26.1 Å². The maximum absolute atomic E-state index is 11.7. The van der Waals surface area contributed by atoms with Gasteiger partial charge in [-0.1, -0.05) is 0 Å². The highest BCUT2D eigenvalue weighted by atomic mass is 16.6. The number of hydrogen-bond donors (Lipinski definition) is 1. The van der Waals surface area contributed by atoms with Crippen molar-refractivity contribution >= 4 is 11.8 Å². The average Bonchev–Trinajstić information content (AvgIpc) is 2.93. The lowest BCUT2D eigenvalue weighted by atomic mass is 10.3. The Kier molecular flexibility index (Phi) is 4.44. The van der Waals surface area contributed by atoms with Crippen LogP contribution in [0.25, 0.3) is 0 Å². The number of likely N-dealkylation sites (tertiary alicyclic amines) is 1. The highest BCUT2D eigenvalue weighted by molar-refractivity contribution is 5.91. The molecule has 0 aromatic heterocycles. The lowest BCUT2D eigenvalue weighted by molar-refractivity contribution is -0.130. The molecule has 0 spiro atoms. The molecule has 1 saturated heterocycles. The summed E-state index contributed by atoms with van der Waals surface area (Å²) < 4.78 is 10.1. The van der Waals surface area contributed by atoms with Crippen LogP contribution < -0.4 is 5.32 Å². The summed E-state index contributed by atoms with van der Waals surface area (Å²) in [6, 6.07) is 0. The molecule has 2 heterocycles. The highest BCUT2D eigenvalue weighted by Gasteiger charge is 2.18. The van der Waals surface area contributed by atoms with Gasteiger partial charge in [-0.2, -0.15) is 0 Å². The van der Waals surface area contributed by atoms with Crippen LogP contribution in [-0.2, 0) is 19.1 Å². The highest BCUT2D eigenvalue weighted by Crippen LogP contribution is 2.08. The fourth-order valence-corrected chi connectivity index (χ4v) is 1.98. The minimum atomic E-state index is -0.330. The van der Waals surface area contributed by atoms with Crippen LogP contribution in [0.1, 0.15) is 19.3 Å². The Bertz CT molecular complexity index is 348. The summed E-state index contributed by atoms with van der Waals surface area (Å²) in [5, 5.41) is 2.65. The molecule has 1 N–H and O–H groups in total. The number of ether oxygens (including phenoxy) is 2. The second-order valence-corrected chi connectivity index (χ2v) is 4.30. The number of rotatable bonds is 4. The normalized spacial score (nSPS) is 18.7. The molecular weight excluding hydrogens is 236 g/mol. The van der Waals surface area contributed by atoms with Crippen molar-refractivity contribution in [3.05, 3.63) is 12.0 Å². The Balaban J connectivity index is 1.66. The topological polar surface area (TPSA) is 67.9 Å². The van der Waals surface area contributed by atoms with Crippen LogP contribution in [0, 0.1) is 0 Å². The fourth-order valence-electron chi connectivity index (χ4n) is 1.98. The molecule has 0 saturated carbocycles. The number of nitrogens with zero attached hydrogens (tertiary/aromatic N) is 1. The first kappa shape index (κ1) is 12.7. The molecule has 0 aromatic carbocycles. The van der Waals surface area contributed by atoms with Crippen LogP contribution >= 0.6 is 0 Å². The maximum Gasteiger partial charge on any atom is 0.289 e. The van der Waals surface area contributed by atoms with Gasteiger partial charge < -0.3 is 19.7 Å². The molecule has 2 aliphatic rings. The summed E-state index contributed by atoms with van der Waals surface area (Å²) in [5.41, 5.74) is 0. The SMILES string of the molecule is O=C(NCCC(=O)N1CCCC1)C1=COCCO1. The van der Waals surface area contributed by atoms with Gasteiger partial charge in [-0.3, -0.25) is 9.59 Å². The van der Waals surface area contributed by atoms with E-state index in [0.29, 0.717) is 26.2 Å². The Morgan fingerprint density at radius 3 is 2.72 bits per heavy atom. The van der Waals surface area contributed by atoms with Crippen LogP contribution in [-0.4, -0.2) is 49.6 Å². The van der Waals surface area contributed by atoms with Crippen molar-refractivity contribution in [1.82, 2.24) is 10.2 Å². The van der Waals surface area contributed by atoms with Gasteiger partial charge in [-0.05, 0) is 12.8 Å². The second-order valence-electron chi connectivity index (χ2n) is 4.30. The van der Waals surface area contributed by atoms with Crippen LogP contribution in [0.3, 0.4) is 0 Å². The Morgan fingerprint density at radius 2 is 2.06 bits per heavy atom. The number of nitrogens with one attached hydrogen (secondary N) is 1. The summed E-state index contributed by atoms with van der Waals surface area (Å²) in [4.78, 5) is 25.1. The van der Waals surface area contributed by atoms with Crippen molar-refractivity contribution in [2.24, 2.45) is 0 Å². The maximum atomic E-state index is 11.7. The summed E-state index contributed by atoms with van der Waals surface area (Å²) in [6.45, 7) is 2.86. The van der Waals surface area contributed by atoms with E-state index in [1.807, 2.05) is 4.90 Å². The van der Waals surface area contributed by atoms with E-state index >= 15 is 0 Å². The molecule has 0 unspecified atom stereocenters. The first-order valence-electron chi connectivity index (χ1n) is 6.28. The Morgan fingerprint density at radius 1 is 1.28 bits per heavy atom. The molecule has 6 nitrogen and oxygen atoms in total. The summed E-state index contributed by atoms with van der Waals surface area (Å²) in [5.74, 6) is -0.0543. The van der Waals surface area contributed by atoms with E-state index < -0.39 is 0 Å². The van der Waals surface area contributed by atoms with Crippen molar-refractivity contribution in [3.8, 4) is 0 Å². The lowest BCUT2D eigenvalue weighted by Crippen LogP contribution is -2.34. The number of carbonyl (C=O) groups excluding carboxylic acids is 2. The molecule has 0 bridgehead atoms. The largest absolute Gasteiger partial charge is 0.494 e. The number of amides is 2. The molecule has 0 aliphatic carbocycles. The van der Waals surface area contributed by atoms with Crippen LogP contribution in [0.15, 0.2) is 12.0 Å². The van der Waals surface area contributed by atoms with Gasteiger partial charge in [-0.25, -0.2) is 0 Å². The van der Waals surface area contributed by atoms with Crippen molar-refractivity contribution in [2.45, 2.75) is 19.3 Å². The standard InChI is InChI=1S/C12H18N2O4/c15-11(14-5-1-2-6-14)3-4-13-12(16)10-9-17-7-8-18-10/h9H,1-8H2,(H,13,16). The van der Waals surface area contributed by atoms with Crippen molar-refractivity contribution < 1.29 is 19.1 Å². The summed E-state index contributed by atoms with van der Waals surface area (Å²) in [6.07, 6.45) is 3.80. The van der Waals surface area contributed by atoms with Crippen LogP contribution in [0.5, 0.6) is 0 Å². The zero-order valence-electron chi connectivity index (χ0n) is 10.3. The van der Waals surface area contributed by atoms with E-state index in [2.05, 4.69) is 5.32 Å². The minimum Gasteiger partial charge on any atom is -0.494 e. The molecule has 6 heteroatoms. The molecule has 0 atom stereocenters. The zero-order chi connectivity index (χ0) is 12.8. The van der Waals surface area contributed by atoms with Gasteiger partial charge in [0.1, 0.15) is 19.5 Å². The molecule has 0 aromatic rings. The van der Waals surface area contributed by atoms with E-state index in [1.54, 1.807) is 0 Å². The van der Waals surface area contributed by atoms with Gasteiger partial charge in [0.25, 0.3) is 5.91 Å². The monoisotopic (exact) mass is 254 g/mol. The van der Waals surface area contributed by atoms with Crippen molar-refractivity contribution in [3.63, 3.8) is 0 Å². The predicted molar refractivity (Wildman–Crippen MR) is 63.4 cm³/mol. The molecule has 2 aliphatic heterocycles. The molecule has 18 heavy (non-hydrogen) atoms. The smallest absolute Gasteiger partial charge is 0.289 e. The van der Waals surface area contributed by atoms with Gasteiger partial charge in [-0.15, -0.1) is 0 Å². The first-order valence-corrected chi connectivity index (χ1v) is 6.28. The van der Waals surface area contributed by atoms with E-state index in [0.717, 1.165) is 25.9 Å². The van der Waals surface area contributed by atoms with E-state index in [4.69, 9.17) is 9.47 Å². The van der Waals surface area contributed by atoms with E-state index in [9.17, 15) is 9.59 Å². The molecule has 100 valence electrons. The van der Waals surface area contributed by atoms with E-state index in [-0.39, 0.29) is 17.6 Å². The molecule has 0 radical (unpaired) electrons. The number of hydrogen-bond acceptors (Lipinski definition) is 4. The molecule has 1 fully saturated rings. The summed E-state index contributed by atoms with van der Waals surface area (Å²) in [7, 11) is 0. The van der Waals surface area contributed by atoms with Crippen LogP contribution in [0.4, 0.5) is 0 Å². The summed E-state index contributed by atoms with van der Waals surface area (Å²) >= 11 is 0. The van der Waals surface area contributed by atoms with Crippen LogP contribution in [0.2, 0.25) is 0 Å².